The van der Waals surface area contributed by atoms with Gasteiger partial charge < -0.3 is 25.4 Å². The molecule has 2 rings (SSSR count). The molecule has 37 heavy (non-hydrogen) atoms. The van der Waals surface area contributed by atoms with Crippen molar-refractivity contribution in [3.8, 4) is 5.75 Å². The summed E-state index contributed by atoms with van der Waals surface area (Å²) in [7, 11) is 0. The highest BCUT2D eigenvalue weighted by Gasteiger charge is 2.25. The third-order valence-electron chi connectivity index (χ3n) is 6.45. The number of unbranched alkanes of at least 4 members (excludes halogenated alkanes) is 1. The van der Waals surface area contributed by atoms with Crippen molar-refractivity contribution < 1.29 is 23.9 Å². The first-order valence-electron chi connectivity index (χ1n) is 14.3. The number of benzene rings is 1. The molecule has 208 valence electrons. The third kappa shape index (κ3) is 13.5. The molecular weight excluding hydrogens is 470 g/mol. The topological polar surface area (TPSA) is 106 Å². The van der Waals surface area contributed by atoms with E-state index in [0.29, 0.717) is 50.6 Å². The molecule has 0 fully saturated rings. The molecule has 3 amide bonds. The van der Waals surface area contributed by atoms with Gasteiger partial charge in [-0.05, 0) is 37.8 Å². The maximum atomic E-state index is 13.2. The highest BCUT2D eigenvalue weighted by atomic mass is 16.5. The number of hydrogen-bond donors (Lipinski definition) is 3. The van der Waals surface area contributed by atoms with Crippen LogP contribution in [-0.4, -0.2) is 56.7 Å². The van der Waals surface area contributed by atoms with Crippen LogP contribution in [0.15, 0.2) is 24.3 Å². The summed E-state index contributed by atoms with van der Waals surface area (Å²) in [4.78, 5) is 38.7. The lowest BCUT2D eigenvalue weighted by atomic mass is 10.1. The van der Waals surface area contributed by atoms with E-state index in [0.717, 1.165) is 38.5 Å². The fourth-order valence-electron chi connectivity index (χ4n) is 4.21. The monoisotopic (exact) mass is 517 g/mol. The Balaban J connectivity index is 2.02. The van der Waals surface area contributed by atoms with Crippen molar-refractivity contribution in [1.82, 2.24) is 16.0 Å². The summed E-state index contributed by atoms with van der Waals surface area (Å²) >= 11 is 0. The molecule has 1 atom stereocenters. The number of para-hydroxylation sites is 1. The Bertz CT molecular complexity index is 802. The number of nitrogens with one attached hydrogen (secondary N) is 3. The normalized spacial score (nSPS) is 19.0. The Hall–Kier alpha value is -2.61. The first-order valence-corrected chi connectivity index (χ1v) is 14.3. The van der Waals surface area contributed by atoms with Gasteiger partial charge in [0.15, 0.2) is 0 Å². The van der Waals surface area contributed by atoms with E-state index in [9.17, 15) is 14.4 Å². The van der Waals surface area contributed by atoms with Gasteiger partial charge in [-0.15, -0.1) is 0 Å². The summed E-state index contributed by atoms with van der Waals surface area (Å²) in [6.45, 7) is 4.91. The molecule has 0 aromatic heterocycles. The number of carbonyl (C=O) groups is 3. The van der Waals surface area contributed by atoms with Crippen LogP contribution >= 0.6 is 0 Å². The maximum Gasteiger partial charge on any atom is 0.255 e. The smallest absolute Gasteiger partial charge is 0.255 e. The summed E-state index contributed by atoms with van der Waals surface area (Å²) in [5.74, 6) is -0.567. The average Bonchev–Trinajstić information content (AvgIpc) is 2.90. The number of ether oxygens (including phenoxy) is 2. The molecule has 1 aromatic rings. The molecule has 1 aliphatic rings. The lowest BCUT2D eigenvalue weighted by Gasteiger charge is -2.19. The number of amides is 3. The third-order valence-corrected chi connectivity index (χ3v) is 6.45. The van der Waals surface area contributed by atoms with Gasteiger partial charge in [0.1, 0.15) is 11.8 Å². The number of fused-ring (bicyclic) bond motifs is 1. The first-order chi connectivity index (χ1) is 18.1. The predicted octanol–water partition coefficient (Wildman–Crippen LogP) is 4.52. The molecule has 0 bridgehead atoms. The molecule has 0 saturated heterocycles. The van der Waals surface area contributed by atoms with E-state index in [4.69, 9.17) is 9.47 Å². The summed E-state index contributed by atoms with van der Waals surface area (Å²) in [6, 6.07) is 6.05. The Labute approximate surface area is 222 Å². The predicted molar refractivity (Wildman–Crippen MR) is 146 cm³/mol. The zero-order chi connectivity index (χ0) is 26.6. The molecule has 1 aliphatic heterocycles. The van der Waals surface area contributed by atoms with Crippen molar-refractivity contribution in [3.05, 3.63) is 29.8 Å². The highest BCUT2D eigenvalue weighted by molar-refractivity contribution is 6.00. The van der Waals surface area contributed by atoms with Crippen LogP contribution in [0, 0.1) is 0 Å². The van der Waals surface area contributed by atoms with Gasteiger partial charge in [0.25, 0.3) is 5.91 Å². The summed E-state index contributed by atoms with van der Waals surface area (Å²) in [6.07, 6.45) is 12.7. The van der Waals surface area contributed by atoms with Crippen LogP contribution < -0.4 is 20.7 Å². The van der Waals surface area contributed by atoms with Crippen molar-refractivity contribution in [2.45, 2.75) is 96.4 Å². The zero-order valence-electron chi connectivity index (χ0n) is 22.7. The Morgan fingerprint density at radius 2 is 1.65 bits per heavy atom. The van der Waals surface area contributed by atoms with Crippen molar-refractivity contribution in [1.29, 1.82) is 0 Å². The molecule has 0 spiro atoms. The second-order valence-corrected chi connectivity index (χ2v) is 9.72. The number of carbonyl (C=O) groups excluding carboxylic acids is 3. The average molecular weight is 518 g/mol. The van der Waals surface area contributed by atoms with Crippen LogP contribution in [0.4, 0.5) is 0 Å². The molecule has 0 aliphatic carbocycles. The van der Waals surface area contributed by atoms with E-state index in [1.807, 2.05) is 6.07 Å². The molecule has 0 saturated carbocycles. The molecule has 8 nitrogen and oxygen atoms in total. The van der Waals surface area contributed by atoms with Crippen LogP contribution in [0.1, 0.15) is 101 Å². The molecular formula is C29H47N3O5. The fourth-order valence-corrected chi connectivity index (χ4v) is 4.21. The van der Waals surface area contributed by atoms with Crippen molar-refractivity contribution in [2.75, 3.05) is 32.9 Å². The van der Waals surface area contributed by atoms with Gasteiger partial charge in [0.2, 0.25) is 11.8 Å². The summed E-state index contributed by atoms with van der Waals surface area (Å²) in [5.41, 5.74) is 0.361. The highest BCUT2D eigenvalue weighted by Crippen LogP contribution is 2.19. The van der Waals surface area contributed by atoms with Crippen molar-refractivity contribution in [2.24, 2.45) is 0 Å². The van der Waals surface area contributed by atoms with Gasteiger partial charge >= 0.3 is 0 Å². The quantitative estimate of drug-likeness (QED) is 0.440. The minimum absolute atomic E-state index is 0.117. The molecule has 8 heteroatoms. The standard InChI is InChI=1S/C29H47N3O5/c1-2-3-20-36-21-15-19-31-29(35)25-23-27(33)30-18-13-9-7-5-4-6-8-10-14-22-37-26-17-12-11-16-24(26)28(34)32-25/h11-12,16-17,25H,2-10,13-15,18-23H2,1H3,(H,30,33)(H,31,35)(H,32,34)/t25-/m0/s1. The van der Waals surface area contributed by atoms with E-state index in [1.165, 1.54) is 32.1 Å². The van der Waals surface area contributed by atoms with Crippen LogP contribution in [0.3, 0.4) is 0 Å². The second-order valence-electron chi connectivity index (χ2n) is 9.72. The Kier molecular flexibility index (Phi) is 16.1. The van der Waals surface area contributed by atoms with Gasteiger partial charge in [-0.3, -0.25) is 14.4 Å². The number of rotatable bonds is 8. The molecule has 1 heterocycles. The number of hydrogen-bond acceptors (Lipinski definition) is 5. The van der Waals surface area contributed by atoms with Crippen LogP contribution in [0.5, 0.6) is 5.75 Å². The van der Waals surface area contributed by atoms with Crippen LogP contribution in [0.2, 0.25) is 0 Å². The molecule has 3 N–H and O–H groups in total. The lowest BCUT2D eigenvalue weighted by Crippen LogP contribution is -2.49. The van der Waals surface area contributed by atoms with Crippen molar-refractivity contribution >= 4 is 17.7 Å². The molecule has 0 radical (unpaired) electrons. The van der Waals surface area contributed by atoms with Gasteiger partial charge in [0, 0.05) is 26.3 Å². The summed E-state index contributed by atoms with van der Waals surface area (Å²) in [5, 5.41) is 8.52. The molecule has 0 unspecified atom stereocenters. The van der Waals surface area contributed by atoms with E-state index in [-0.39, 0.29) is 18.2 Å². The Morgan fingerprint density at radius 3 is 2.41 bits per heavy atom. The van der Waals surface area contributed by atoms with Crippen molar-refractivity contribution in [3.63, 3.8) is 0 Å². The van der Waals surface area contributed by atoms with E-state index in [2.05, 4.69) is 22.9 Å². The zero-order valence-corrected chi connectivity index (χ0v) is 22.7. The first kappa shape index (κ1) is 30.6. The maximum absolute atomic E-state index is 13.2. The fraction of sp³-hybridized carbons (Fsp3) is 0.690. The SMILES string of the molecule is CCCCOCCCNC(=O)[C@@H]1CC(=O)NCCCCCCCCCCCOc2ccccc2C(=O)N1. The van der Waals surface area contributed by atoms with Gasteiger partial charge in [0.05, 0.1) is 18.6 Å². The van der Waals surface area contributed by atoms with E-state index >= 15 is 0 Å². The largest absolute Gasteiger partial charge is 0.493 e. The van der Waals surface area contributed by atoms with E-state index in [1.54, 1.807) is 18.2 Å². The minimum atomic E-state index is -0.979. The van der Waals surface area contributed by atoms with Crippen LogP contribution in [0.25, 0.3) is 0 Å². The van der Waals surface area contributed by atoms with Crippen LogP contribution in [-0.2, 0) is 14.3 Å². The van der Waals surface area contributed by atoms with Gasteiger partial charge in [-0.1, -0.05) is 70.4 Å². The Morgan fingerprint density at radius 1 is 0.973 bits per heavy atom. The summed E-state index contributed by atoms with van der Waals surface area (Å²) < 4.78 is 11.5. The molecule has 1 aromatic carbocycles. The van der Waals surface area contributed by atoms with Gasteiger partial charge in [-0.2, -0.15) is 0 Å². The minimum Gasteiger partial charge on any atom is -0.493 e. The van der Waals surface area contributed by atoms with Gasteiger partial charge in [-0.25, -0.2) is 0 Å². The van der Waals surface area contributed by atoms with E-state index < -0.39 is 11.9 Å². The second kappa shape index (κ2) is 19.5. The lowest BCUT2D eigenvalue weighted by molar-refractivity contribution is -0.128.